The Morgan fingerprint density at radius 3 is 2.53 bits per heavy atom. The molecule has 0 atom stereocenters. The fourth-order valence-corrected chi connectivity index (χ4v) is 2.21. The largest absolute Gasteiger partial charge is 0.508 e. The van der Waals surface area contributed by atoms with E-state index in [0.29, 0.717) is 5.75 Å². The monoisotopic (exact) mass is 258 g/mol. The van der Waals surface area contributed by atoms with Crippen LogP contribution in [-0.4, -0.2) is 5.11 Å². The summed E-state index contributed by atoms with van der Waals surface area (Å²) in [6.07, 6.45) is 11.0. The second-order valence-electron chi connectivity index (χ2n) is 5.12. The lowest BCUT2D eigenvalue weighted by Gasteiger charge is -2.06. The average Bonchev–Trinajstić information content (AvgIpc) is 2.41. The van der Waals surface area contributed by atoms with Crippen molar-refractivity contribution in [3.63, 3.8) is 0 Å². The highest BCUT2D eigenvalue weighted by atomic mass is 16.3. The highest BCUT2D eigenvalue weighted by molar-refractivity contribution is 5.31. The molecule has 1 aromatic rings. The molecule has 1 nitrogen and oxygen atoms in total. The first-order chi connectivity index (χ1) is 9.24. The molecule has 0 fully saturated rings. The normalized spacial score (nSPS) is 10.3. The molecular weight excluding hydrogens is 232 g/mol. The fraction of sp³-hybridized carbons (Fsp3) is 0.444. The van der Waals surface area contributed by atoms with Crippen molar-refractivity contribution < 1.29 is 5.11 Å². The molecular formula is C18H26O. The van der Waals surface area contributed by atoms with E-state index in [9.17, 15) is 5.11 Å². The zero-order valence-corrected chi connectivity index (χ0v) is 11.9. The van der Waals surface area contributed by atoms with Crippen LogP contribution in [0.5, 0.6) is 5.75 Å². The van der Waals surface area contributed by atoms with E-state index in [4.69, 9.17) is 0 Å². The van der Waals surface area contributed by atoms with Crippen molar-refractivity contribution in [1.82, 2.24) is 0 Å². The summed E-state index contributed by atoms with van der Waals surface area (Å²) in [6, 6.07) is 7.61. The summed E-state index contributed by atoms with van der Waals surface area (Å²) >= 11 is 0. The molecule has 0 aliphatic rings. The van der Waals surface area contributed by atoms with Gasteiger partial charge in [0.1, 0.15) is 5.75 Å². The van der Waals surface area contributed by atoms with Crippen molar-refractivity contribution in [1.29, 1.82) is 0 Å². The summed E-state index contributed by atoms with van der Waals surface area (Å²) in [5.41, 5.74) is 2.43. The zero-order valence-electron chi connectivity index (χ0n) is 11.9. The SMILES string of the molecule is C=CCCCC(=C)CCCCCc1ccccc1O. The number of para-hydroxylation sites is 1. The number of hydrogen-bond acceptors (Lipinski definition) is 1. The Balaban J connectivity index is 2.06. The molecule has 0 aliphatic carbocycles. The molecule has 0 radical (unpaired) electrons. The van der Waals surface area contributed by atoms with E-state index < -0.39 is 0 Å². The molecule has 1 heteroatoms. The topological polar surface area (TPSA) is 20.2 Å². The Morgan fingerprint density at radius 1 is 1.05 bits per heavy atom. The molecule has 0 saturated heterocycles. The van der Waals surface area contributed by atoms with E-state index >= 15 is 0 Å². The van der Waals surface area contributed by atoms with Crippen molar-refractivity contribution in [2.75, 3.05) is 0 Å². The van der Waals surface area contributed by atoms with Crippen molar-refractivity contribution in [2.24, 2.45) is 0 Å². The maximum Gasteiger partial charge on any atom is 0.118 e. The van der Waals surface area contributed by atoms with Gasteiger partial charge in [-0.25, -0.2) is 0 Å². The van der Waals surface area contributed by atoms with Gasteiger partial charge >= 0.3 is 0 Å². The van der Waals surface area contributed by atoms with Crippen LogP contribution in [0.2, 0.25) is 0 Å². The molecule has 0 amide bonds. The number of aryl methyl sites for hydroxylation is 1. The predicted octanol–water partition coefficient (Wildman–Crippen LogP) is 5.41. The van der Waals surface area contributed by atoms with Crippen LogP contribution in [0.25, 0.3) is 0 Å². The number of rotatable bonds is 10. The van der Waals surface area contributed by atoms with Crippen LogP contribution in [0.15, 0.2) is 49.1 Å². The van der Waals surface area contributed by atoms with Crippen LogP contribution in [0.4, 0.5) is 0 Å². The summed E-state index contributed by atoms with van der Waals surface area (Å²) in [4.78, 5) is 0. The summed E-state index contributed by atoms with van der Waals surface area (Å²) < 4.78 is 0. The number of aromatic hydroxyl groups is 1. The molecule has 0 aliphatic heterocycles. The van der Waals surface area contributed by atoms with E-state index in [1.165, 1.54) is 24.8 Å². The number of phenolic OH excluding ortho intramolecular Hbond substituents is 1. The lowest BCUT2D eigenvalue weighted by Crippen LogP contribution is -1.88. The minimum atomic E-state index is 0.427. The minimum Gasteiger partial charge on any atom is -0.508 e. The maximum atomic E-state index is 9.65. The van der Waals surface area contributed by atoms with Gasteiger partial charge in [0.25, 0.3) is 0 Å². The number of unbranched alkanes of at least 4 members (excludes halogenated alkanes) is 3. The first kappa shape index (κ1) is 15.6. The molecule has 1 N–H and O–H groups in total. The second kappa shape index (κ2) is 9.43. The molecule has 0 aromatic heterocycles. The minimum absolute atomic E-state index is 0.427. The molecule has 0 unspecified atom stereocenters. The van der Waals surface area contributed by atoms with E-state index in [0.717, 1.165) is 37.7 Å². The molecule has 0 bridgehead atoms. The summed E-state index contributed by atoms with van der Waals surface area (Å²) in [7, 11) is 0. The Kier molecular flexibility index (Phi) is 7.72. The van der Waals surface area contributed by atoms with Crippen LogP contribution in [-0.2, 0) is 6.42 Å². The van der Waals surface area contributed by atoms with Gasteiger partial charge in [0.15, 0.2) is 0 Å². The summed E-state index contributed by atoms with van der Waals surface area (Å²) in [6.45, 7) is 7.85. The maximum absolute atomic E-state index is 9.65. The number of hydrogen-bond donors (Lipinski definition) is 1. The van der Waals surface area contributed by atoms with E-state index in [-0.39, 0.29) is 0 Å². The highest BCUT2D eigenvalue weighted by Gasteiger charge is 2.00. The average molecular weight is 258 g/mol. The van der Waals surface area contributed by atoms with E-state index in [1.54, 1.807) is 6.07 Å². The zero-order chi connectivity index (χ0) is 13.9. The lowest BCUT2D eigenvalue weighted by molar-refractivity contribution is 0.466. The third kappa shape index (κ3) is 6.85. The molecule has 1 aromatic carbocycles. The summed E-state index contributed by atoms with van der Waals surface area (Å²) in [5.74, 6) is 0.427. The Bertz CT molecular complexity index is 392. The molecule has 0 saturated carbocycles. The quantitative estimate of drug-likeness (QED) is 0.439. The van der Waals surface area contributed by atoms with Gasteiger partial charge in [0.2, 0.25) is 0 Å². The molecule has 0 heterocycles. The number of benzene rings is 1. The van der Waals surface area contributed by atoms with Gasteiger partial charge in [-0.1, -0.05) is 42.8 Å². The van der Waals surface area contributed by atoms with Gasteiger partial charge in [-0.15, -0.1) is 6.58 Å². The molecule has 104 valence electrons. The Morgan fingerprint density at radius 2 is 1.79 bits per heavy atom. The van der Waals surface area contributed by atoms with Crippen LogP contribution in [0.1, 0.15) is 50.5 Å². The van der Waals surface area contributed by atoms with Gasteiger partial charge in [-0.05, 0) is 56.6 Å². The third-order valence-corrected chi connectivity index (χ3v) is 3.41. The van der Waals surface area contributed by atoms with E-state index in [1.807, 2.05) is 24.3 Å². The standard InChI is InChI=1S/C18H26O/c1-3-4-6-11-16(2)12-7-5-8-13-17-14-9-10-15-18(17)19/h3,9-10,14-15,19H,1-2,4-8,11-13H2. The number of allylic oxidation sites excluding steroid dienone is 2. The number of phenols is 1. The lowest BCUT2D eigenvalue weighted by atomic mass is 10.0. The van der Waals surface area contributed by atoms with Gasteiger partial charge in [-0.2, -0.15) is 0 Å². The van der Waals surface area contributed by atoms with Crippen LogP contribution < -0.4 is 0 Å². The predicted molar refractivity (Wildman–Crippen MR) is 83.5 cm³/mol. The Labute approximate surface area is 117 Å². The van der Waals surface area contributed by atoms with Crippen molar-refractivity contribution >= 4 is 0 Å². The summed E-state index contributed by atoms with van der Waals surface area (Å²) in [5, 5.41) is 9.65. The van der Waals surface area contributed by atoms with Gasteiger partial charge in [-0.3, -0.25) is 0 Å². The third-order valence-electron chi connectivity index (χ3n) is 3.41. The van der Waals surface area contributed by atoms with Gasteiger partial charge < -0.3 is 5.11 Å². The first-order valence-electron chi connectivity index (χ1n) is 7.28. The van der Waals surface area contributed by atoms with Crippen LogP contribution in [0.3, 0.4) is 0 Å². The van der Waals surface area contributed by atoms with E-state index in [2.05, 4.69) is 13.2 Å². The highest BCUT2D eigenvalue weighted by Crippen LogP contribution is 2.19. The van der Waals surface area contributed by atoms with Crippen LogP contribution >= 0.6 is 0 Å². The van der Waals surface area contributed by atoms with Crippen molar-refractivity contribution in [3.05, 3.63) is 54.6 Å². The molecule has 1 rings (SSSR count). The van der Waals surface area contributed by atoms with Crippen molar-refractivity contribution in [2.45, 2.75) is 51.4 Å². The first-order valence-corrected chi connectivity index (χ1v) is 7.28. The van der Waals surface area contributed by atoms with Gasteiger partial charge in [0, 0.05) is 0 Å². The smallest absolute Gasteiger partial charge is 0.118 e. The Hall–Kier alpha value is -1.50. The second-order valence-corrected chi connectivity index (χ2v) is 5.12. The molecule has 19 heavy (non-hydrogen) atoms. The van der Waals surface area contributed by atoms with Crippen molar-refractivity contribution in [3.8, 4) is 5.75 Å². The fourth-order valence-electron chi connectivity index (χ4n) is 2.21. The van der Waals surface area contributed by atoms with Crippen LogP contribution in [0, 0.1) is 0 Å². The molecule has 0 spiro atoms. The van der Waals surface area contributed by atoms with Gasteiger partial charge in [0.05, 0.1) is 0 Å².